The number of halogens is 3. The van der Waals surface area contributed by atoms with Crippen LogP contribution in [0.25, 0.3) is 0 Å². The number of alkyl halides is 3. The van der Waals surface area contributed by atoms with E-state index in [2.05, 4.69) is 15.7 Å². The number of rotatable bonds is 4. The van der Waals surface area contributed by atoms with Crippen molar-refractivity contribution in [2.45, 2.75) is 38.1 Å². The fraction of sp³-hybridized carbons (Fsp3) is 0.300. The monoisotopic (exact) mass is 420 g/mol. The number of benzene rings is 1. The molecule has 0 radical (unpaired) electrons. The second-order valence-electron chi connectivity index (χ2n) is 7.02. The highest BCUT2D eigenvalue weighted by atomic mass is 32.1. The number of carbonyl (C=O) groups is 1. The molecule has 0 spiro atoms. The zero-order valence-electron chi connectivity index (χ0n) is 15.5. The van der Waals surface area contributed by atoms with E-state index in [9.17, 15) is 18.0 Å². The number of carbonyl (C=O) groups excluding carboxylic acids is 1. The molecule has 3 heterocycles. The van der Waals surface area contributed by atoms with Crippen LogP contribution in [0.1, 0.15) is 45.0 Å². The van der Waals surface area contributed by atoms with Gasteiger partial charge in [-0.15, -0.1) is 11.3 Å². The van der Waals surface area contributed by atoms with Crippen LogP contribution in [0.5, 0.6) is 0 Å². The second-order valence-corrected chi connectivity index (χ2v) is 8.05. The van der Waals surface area contributed by atoms with Crippen LogP contribution in [0.3, 0.4) is 0 Å². The molecule has 1 aliphatic rings. The zero-order valence-corrected chi connectivity index (χ0v) is 16.3. The average molecular weight is 420 g/mol. The highest BCUT2D eigenvalue weighted by Gasteiger charge is 2.46. The van der Waals surface area contributed by atoms with E-state index in [1.165, 1.54) is 17.4 Å². The Morgan fingerprint density at radius 3 is 2.72 bits per heavy atom. The van der Waals surface area contributed by atoms with Crippen molar-refractivity contribution in [3.05, 3.63) is 69.5 Å². The standard InChI is InChI=1S/C20H19F3N4OS/c1-12-4-6-13(7-5-12)15-9-17(20(21,22)23)27-18(25-15)10-16(26-27)19(28)24-11-14-3-2-8-29-14/h2-8,10,15,17,25H,9,11H2,1H3,(H,24,28)/t15-,17-/m0/s1. The molecule has 1 aromatic carbocycles. The Kier molecular flexibility index (Phi) is 5.08. The van der Waals surface area contributed by atoms with Gasteiger partial charge >= 0.3 is 6.18 Å². The molecule has 2 aromatic heterocycles. The number of anilines is 1. The number of nitrogens with one attached hydrogen (secondary N) is 2. The van der Waals surface area contributed by atoms with E-state index < -0.39 is 24.2 Å². The third-order valence-corrected chi connectivity index (χ3v) is 5.78. The van der Waals surface area contributed by atoms with Gasteiger partial charge in [-0.2, -0.15) is 18.3 Å². The summed E-state index contributed by atoms with van der Waals surface area (Å²) in [4.78, 5) is 13.4. The molecule has 29 heavy (non-hydrogen) atoms. The third-order valence-electron chi connectivity index (χ3n) is 4.91. The molecule has 0 saturated heterocycles. The summed E-state index contributed by atoms with van der Waals surface area (Å²) in [6, 6.07) is 10.2. The largest absolute Gasteiger partial charge is 0.410 e. The molecule has 152 valence electrons. The maximum atomic E-state index is 13.7. The lowest BCUT2D eigenvalue weighted by Crippen LogP contribution is -2.35. The predicted octanol–water partition coefficient (Wildman–Crippen LogP) is 4.84. The quantitative estimate of drug-likeness (QED) is 0.635. The Morgan fingerprint density at radius 1 is 1.31 bits per heavy atom. The molecule has 2 atom stereocenters. The molecule has 3 aromatic rings. The highest BCUT2D eigenvalue weighted by Crippen LogP contribution is 2.43. The summed E-state index contributed by atoms with van der Waals surface area (Å²) in [5, 5.41) is 11.7. The van der Waals surface area contributed by atoms with E-state index in [4.69, 9.17) is 0 Å². The van der Waals surface area contributed by atoms with Crippen LogP contribution in [0, 0.1) is 6.92 Å². The van der Waals surface area contributed by atoms with Gasteiger partial charge in [0.15, 0.2) is 11.7 Å². The van der Waals surface area contributed by atoms with Crippen molar-refractivity contribution in [1.29, 1.82) is 0 Å². The van der Waals surface area contributed by atoms with Gasteiger partial charge < -0.3 is 10.6 Å². The summed E-state index contributed by atoms with van der Waals surface area (Å²) in [5.41, 5.74) is 1.76. The van der Waals surface area contributed by atoms with Crippen LogP contribution in [0.4, 0.5) is 19.0 Å². The minimum atomic E-state index is -4.48. The lowest BCUT2D eigenvalue weighted by molar-refractivity contribution is -0.173. The summed E-state index contributed by atoms with van der Waals surface area (Å²) in [6.07, 6.45) is -4.67. The van der Waals surface area contributed by atoms with Crippen molar-refractivity contribution in [3.8, 4) is 0 Å². The summed E-state index contributed by atoms with van der Waals surface area (Å²) >= 11 is 1.49. The van der Waals surface area contributed by atoms with Gasteiger partial charge in [0.25, 0.3) is 5.91 Å². The molecule has 0 unspecified atom stereocenters. The van der Waals surface area contributed by atoms with E-state index >= 15 is 0 Å². The van der Waals surface area contributed by atoms with Gasteiger partial charge in [0, 0.05) is 17.4 Å². The van der Waals surface area contributed by atoms with E-state index in [1.54, 1.807) is 0 Å². The Hall–Kier alpha value is -2.81. The molecule has 2 N–H and O–H groups in total. The molecule has 0 bridgehead atoms. The van der Waals surface area contributed by atoms with Gasteiger partial charge in [-0.1, -0.05) is 35.9 Å². The van der Waals surface area contributed by atoms with Gasteiger partial charge in [0.2, 0.25) is 0 Å². The van der Waals surface area contributed by atoms with Crippen LogP contribution < -0.4 is 10.6 Å². The molecule has 4 rings (SSSR count). The number of aromatic nitrogens is 2. The minimum absolute atomic E-state index is 0.0390. The SMILES string of the molecule is Cc1ccc([C@@H]2C[C@@H](C(F)(F)F)n3nc(C(=O)NCc4cccs4)cc3N2)cc1. The fourth-order valence-corrected chi connectivity index (χ4v) is 4.02. The maximum Gasteiger partial charge on any atom is 0.410 e. The van der Waals surface area contributed by atoms with Crippen molar-refractivity contribution >= 4 is 23.1 Å². The normalized spacial score (nSPS) is 18.8. The van der Waals surface area contributed by atoms with E-state index in [0.717, 1.165) is 20.7 Å². The smallest absolute Gasteiger partial charge is 0.363 e. The number of hydrogen-bond acceptors (Lipinski definition) is 4. The van der Waals surface area contributed by atoms with Crippen molar-refractivity contribution in [2.75, 3.05) is 5.32 Å². The molecule has 0 fully saturated rings. The number of thiophene rings is 1. The topological polar surface area (TPSA) is 59.0 Å². The van der Waals surface area contributed by atoms with Crippen molar-refractivity contribution in [1.82, 2.24) is 15.1 Å². The molecular weight excluding hydrogens is 401 g/mol. The van der Waals surface area contributed by atoms with Gasteiger partial charge in [0.05, 0.1) is 12.6 Å². The summed E-state index contributed by atoms with van der Waals surface area (Å²) < 4.78 is 42.1. The Bertz CT molecular complexity index is 996. The highest BCUT2D eigenvalue weighted by molar-refractivity contribution is 7.09. The van der Waals surface area contributed by atoms with Crippen LogP contribution in [0.2, 0.25) is 0 Å². The molecule has 5 nitrogen and oxygen atoms in total. The molecular formula is C20H19F3N4OS. The Morgan fingerprint density at radius 2 is 2.07 bits per heavy atom. The van der Waals surface area contributed by atoms with Crippen LogP contribution >= 0.6 is 11.3 Å². The number of amides is 1. The first kappa shape index (κ1) is 19.5. The fourth-order valence-electron chi connectivity index (χ4n) is 3.37. The van der Waals surface area contributed by atoms with Crippen LogP contribution in [0.15, 0.2) is 47.8 Å². The van der Waals surface area contributed by atoms with Crippen molar-refractivity contribution in [3.63, 3.8) is 0 Å². The van der Waals surface area contributed by atoms with Gasteiger partial charge in [-0.05, 0) is 23.9 Å². The number of hydrogen-bond donors (Lipinski definition) is 2. The van der Waals surface area contributed by atoms with Gasteiger partial charge in [-0.3, -0.25) is 4.79 Å². The lowest BCUT2D eigenvalue weighted by Gasteiger charge is -2.33. The van der Waals surface area contributed by atoms with Gasteiger partial charge in [-0.25, -0.2) is 4.68 Å². The molecule has 1 amide bonds. The molecule has 9 heteroatoms. The number of aryl methyl sites for hydroxylation is 1. The zero-order chi connectivity index (χ0) is 20.6. The first-order valence-electron chi connectivity index (χ1n) is 9.11. The molecule has 1 aliphatic heterocycles. The summed E-state index contributed by atoms with van der Waals surface area (Å²) in [5.74, 6) is -0.319. The number of nitrogens with zero attached hydrogens (tertiary/aromatic N) is 2. The summed E-state index contributed by atoms with van der Waals surface area (Å²) in [6.45, 7) is 2.23. The number of fused-ring (bicyclic) bond motifs is 1. The maximum absolute atomic E-state index is 13.7. The lowest BCUT2D eigenvalue weighted by atomic mass is 9.96. The van der Waals surface area contributed by atoms with Crippen LogP contribution in [-0.2, 0) is 6.54 Å². The molecule has 0 saturated carbocycles. The Labute approximate surface area is 169 Å². The van der Waals surface area contributed by atoms with Crippen LogP contribution in [-0.4, -0.2) is 21.9 Å². The van der Waals surface area contributed by atoms with E-state index in [0.29, 0.717) is 6.54 Å². The third kappa shape index (κ3) is 4.14. The second kappa shape index (κ2) is 7.55. The van der Waals surface area contributed by atoms with Gasteiger partial charge in [0.1, 0.15) is 5.82 Å². The summed E-state index contributed by atoms with van der Waals surface area (Å²) in [7, 11) is 0. The average Bonchev–Trinajstić information content (AvgIpc) is 3.34. The minimum Gasteiger partial charge on any atom is -0.363 e. The molecule has 0 aliphatic carbocycles. The van der Waals surface area contributed by atoms with E-state index in [-0.39, 0.29) is 17.9 Å². The van der Waals surface area contributed by atoms with E-state index in [1.807, 2.05) is 48.7 Å². The first-order valence-corrected chi connectivity index (χ1v) is 9.99. The predicted molar refractivity (Wildman–Crippen MR) is 105 cm³/mol. The Balaban J connectivity index is 1.59. The van der Waals surface area contributed by atoms with Crippen molar-refractivity contribution in [2.24, 2.45) is 0 Å². The van der Waals surface area contributed by atoms with Crippen molar-refractivity contribution < 1.29 is 18.0 Å². The first-order chi connectivity index (χ1) is 13.8.